The van der Waals surface area contributed by atoms with E-state index in [1.807, 2.05) is 18.2 Å². The number of carbonyl (C=O) groups is 1. The van der Waals surface area contributed by atoms with Crippen molar-refractivity contribution in [3.05, 3.63) is 95.6 Å². The number of nitrogens with zero attached hydrogens (tertiary/aromatic N) is 2. The summed E-state index contributed by atoms with van der Waals surface area (Å²) in [6.07, 6.45) is 0.966. The van der Waals surface area contributed by atoms with Gasteiger partial charge in [0.15, 0.2) is 0 Å². The second kappa shape index (κ2) is 9.13. The SMILES string of the molecule is CCc1ccc(CN(C)C(=O)c2cccc(S(=O)(=O)N(C)c3ccccc3)c2)cc1. The molecule has 0 fully saturated rings. The molecule has 3 aromatic rings. The molecule has 0 unspecified atom stereocenters. The molecule has 0 radical (unpaired) electrons. The van der Waals surface area contributed by atoms with Crippen molar-refractivity contribution < 1.29 is 13.2 Å². The Morgan fingerprint density at radius 2 is 1.47 bits per heavy atom. The zero-order chi connectivity index (χ0) is 21.7. The van der Waals surface area contributed by atoms with E-state index in [2.05, 4.69) is 19.1 Å². The van der Waals surface area contributed by atoms with Crippen molar-refractivity contribution >= 4 is 21.6 Å². The second-order valence-corrected chi connectivity index (χ2v) is 9.14. The molecule has 0 aliphatic heterocycles. The summed E-state index contributed by atoms with van der Waals surface area (Å²) in [6, 6.07) is 23.2. The third-order valence-electron chi connectivity index (χ3n) is 5.06. The number of amides is 1. The number of rotatable bonds is 7. The first-order valence-corrected chi connectivity index (χ1v) is 11.2. The largest absolute Gasteiger partial charge is 0.337 e. The molecule has 3 rings (SSSR count). The molecule has 0 aromatic heterocycles. The van der Waals surface area contributed by atoms with Gasteiger partial charge in [0.1, 0.15) is 0 Å². The highest BCUT2D eigenvalue weighted by atomic mass is 32.2. The van der Waals surface area contributed by atoms with Gasteiger partial charge < -0.3 is 4.90 Å². The Kier molecular flexibility index (Phi) is 6.57. The van der Waals surface area contributed by atoms with Crippen LogP contribution in [0.4, 0.5) is 5.69 Å². The molecular formula is C24H26N2O3S. The van der Waals surface area contributed by atoms with E-state index < -0.39 is 10.0 Å². The maximum absolute atomic E-state index is 13.0. The summed E-state index contributed by atoms with van der Waals surface area (Å²) < 4.78 is 27.3. The number of benzene rings is 3. The summed E-state index contributed by atoms with van der Waals surface area (Å²) >= 11 is 0. The lowest BCUT2D eigenvalue weighted by Crippen LogP contribution is -2.28. The molecule has 0 saturated heterocycles. The van der Waals surface area contributed by atoms with Crippen molar-refractivity contribution in [3.63, 3.8) is 0 Å². The van der Waals surface area contributed by atoms with Crippen molar-refractivity contribution in [3.8, 4) is 0 Å². The molecular weight excluding hydrogens is 396 g/mol. The van der Waals surface area contributed by atoms with Gasteiger partial charge in [-0.1, -0.05) is 55.5 Å². The molecule has 1 amide bonds. The van der Waals surface area contributed by atoms with Crippen LogP contribution in [0.25, 0.3) is 0 Å². The van der Waals surface area contributed by atoms with Gasteiger partial charge in [-0.15, -0.1) is 0 Å². The highest BCUT2D eigenvalue weighted by molar-refractivity contribution is 7.92. The quantitative estimate of drug-likeness (QED) is 0.569. The van der Waals surface area contributed by atoms with E-state index in [4.69, 9.17) is 0 Å². The number of hydrogen-bond donors (Lipinski definition) is 0. The number of anilines is 1. The monoisotopic (exact) mass is 422 g/mol. The minimum absolute atomic E-state index is 0.0837. The van der Waals surface area contributed by atoms with Gasteiger partial charge in [0.2, 0.25) is 0 Å². The van der Waals surface area contributed by atoms with E-state index in [9.17, 15) is 13.2 Å². The zero-order valence-corrected chi connectivity index (χ0v) is 18.3. The maximum Gasteiger partial charge on any atom is 0.264 e. The lowest BCUT2D eigenvalue weighted by molar-refractivity contribution is 0.0785. The molecule has 0 spiro atoms. The van der Waals surface area contributed by atoms with Crippen molar-refractivity contribution in [1.29, 1.82) is 0 Å². The number of para-hydroxylation sites is 1. The van der Waals surface area contributed by atoms with Crippen LogP contribution in [-0.2, 0) is 23.0 Å². The molecule has 0 saturated carbocycles. The first-order chi connectivity index (χ1) is 14.3. The highest BCUT2D eigenvalue weighted by Gasteiger charge is 2.23. The molecule has 156 valence electrons. The Bertz CT molecular complexity index is 1110. The number of carbonyl (C=O) groups excluding carboxylic acids is 1. The molecule has 0 N–H and O–H groups in total. The van der Waals surface area contributed by atoms with E-state index in [0.717, 1.165) is 12.0 Å². The lowest BCUT2D eigenvalue weighted by Gasteiger charge is -2.21. The van der Waals surface area contributed by atoms with E-state index in [1.54, 1.807) is 48.3 Å². The maximum atomic E-state index is 13.0. The summed E-state index contributed by atoms with van der Waals surface area (Å²) in [5, 5.41) is 0. The number of aryl methyl sites for hydroxylation is 1. The van der Waals surface area contributed by atoms with Gasteiger partial charge in [-0.3, -0.25) is 9.10 Å². The minimum atomic E-state index is -3.78. The summed E-state index contributed by atoms with van der Waals surface area (Å²) in [7, 11) is -0.557. The predicted octanol–water partition coefficient (Wildman–Crippen LogP) is 4.35. The molecule has 0 aliphatic rings. The first kappa shape index (κ1) is 21.6. The Morgan fingerprint density at radius 1 is 0.833 bits per heavy atom. The van der Waals surface area contributed by atoms with Crippen molar-refractivity contribution in [1.82, 2.24) is 4.90 Å². The van der Waals surface area contributed by atoms with Gasteiger partial charge in [-0.25, -0.2) is 8.42 Å². The third kappa shape index (κ3) is 4.71. The molecule has 0 bridgehead atoms. The minimum Gasteiger partial charge on any atom is -0.337 e. The fourth-order valence-electron chi connectivity index (χ4n) is 3.17. The summed E-state index contributed by atoms with van der Waals surface area (Å²) in [6.45, 7) is 2.55. The molecule has 30 heavy (non-hydrogen) atoms. The van der Waals surface area contributed by atoms with Crippen LogP contribution in [-0.4, -0.2) is 33.3 Å². The average Bonchev–Trinajstić information content (AvgIpc) is 2.79. The molecule has 0 heterocycles. The number of sulfonamides is 1. The Morgan fingerprint density at radius 3 is 2.10 bits per heavy atom. The van der Waals surface area contributed by atoms with Crippen LogP contribution in [0.15, 0.2) is 83.8 Å². The smallest absolute Gasteiger partial charge is 0.264 e. The van der Waals surface area contributed by atoms with Crippen LogP contribution in [0.3, 0.4) is 0 Å². The van der Waals surface area contributed by atoms with Crippen molar-refractivity contribution in [2.45, 2.75) is 24.8 Å². The second-order valence-electron chi connectivity index (χ2n) is 7.17. The molecule has 5 nitrogen and oxygen atoms in total. The zero-order valence-electron chi connectivity index (χ0n) is 17.4. The topological polar surface area (TPSA) is 57.7 Å². The molecule has 0 aliphatic carbocycles. The van der Waals surface area contributed by atoms with E-state index in [0.29, 0.717) is 17.8 Å². The average molecular weight is 423 g/mol. The van der Waals surface area contributed by atoms with Crippen LogP contribution in [0, 0.1) is 0 Å². The van der Waals surface area contributed by atoms with Gasteiger partial charge in [-0.05, 0) is 47.9 Å². The fraction of sp³-hybridized carbons (Fsp3) is 0.208. The van der Waals surface area contributed by atoms with Crippen LogP contribution in [0.5, 0.6) is 0 Å². The van der Waals surface area contributed by atoms with Gasteiger partial charge in [0.25, 0.3) is 15.9 Å². The summed E-state index contributed by atoms with van der Waals surface area (Å²) in [5.74, 6) is -0.228. The Labute approximate surface area is 178 Å². The third-order valence-corrected chi connectivity index (χ3v) is 6.84. The Balaban J connectivity index is 1.80. The van der Waals surface area contributed by atoms with Gasteiger partial charge in [0, 0.05) is 26.2 Å². The Hall–Kier alpha value is -3.12. The van der Waals surface area contributed by atoms with Crippen LogP contribution < -0.4 is 4.31 Å². The molecule has 0 atom stereocenters. The normalized spacial score (nSPS) is 11.2. The molecule has 6 heteroatoms. The van der Waals surface area contributed by atoms with Crippen LogP contribution >= 0.6 is 0 Å². The first-order valence-electron chi connectivity index (χ1n) is 9.80. The van der Waals surface area contributed by atoms with Crippen molar-refractivity contribution in [2.24, 2.45) is 0 Å². The fourth-order valence-corrected chi connectivity index (χ4v) is 4.41. The summed E-state index contributed by atoms with van der Waals surface area (Å²) in [5.41, 5.74) is 3.16. The van der Waals surface area contributed by atoms with E-state index in [1.165, 1.54) is 29.0 Å². The predicted molar refractivity (Wildman–Crippen MR) is 120 cm³/mol. The van der Waals surface area contributed by atoms with Gasteiger partial charge >= 0.3 is 0 Å². The van der Waals surface area contributed by atoms with E-state index >= 15 is 0 Å². The van der Waals surface area contributed by atoms with Crippen molar-refractivity contribution in [2.75, 3.05) is 18.4 Å². The van der Waals surface area contributed by atoms with Gasteiger partial charge in [-0.2, -0.15) is 0 Å². The highest BCUT2D eigenvalue weighted by Crippen LogP contribution is 2.23. The summed E-state index contributed by atoms with van der Waals surface area (Å²) in [4.78, 5) is 14.6. The number of hydrogen-bond acceptors (Lipinski definition) is 3. The lowest BCUT2D eigenvalue weighted by atomic mass is 10.1. The standard InChI is InChI=1S/C24H26N2O3S/c1-4-19-13-15-20(16-14-19)18-25(2)24(27)21-9-8-12-23(17-21)30(28,29)26(3)22-10-6-5-7-11-22/h5-17H,4,18H2,1-3H3. The molecule has 3 aromatic carbocycles. The van der Waals surface area contributed by atoms with Gasteiger partial charge in [0.05, 0.1) is 10.6 Å². The van der Waals surface area contributed by atoms with E-state index in [-0.39, 0.29) is 10.8 Å². The van der Waals surface area contributed by atoms with Crippen LogP contribution in [0.1, 0.15) is 28.4 Å². The van der Waals surface area contributed by atoms with Crippen LogP contribution in [0.2, 0.25) is 0 Å².